The first-order valence-corrected chi connectivity index (χ1v) is 10.7. The van der Waals surface area contributed by atoms with Crippen molar-refractivity contribution in [2.45, 2.75) is 63.6 Å². The van der Waals surface area contributed by atoms with Crippen LogP contribution in [0, 0.1) is 5.41 Å². The van der Waals surface area contributed by atoms with E-state index in [1.165, 1.54) is 12.7 Å². The Kier molecular flexibility index (Phi) is 4.53. The van der Waals surface area contributed by atoms with Crippen molar-refractivity contribution in [1.82, 2.24) is 0 Å². The summed E-state index contributed by atoms with van der Waals surface area (Å²) in [5.41, 5.74) is 1.87. The van der Waals surface area contributed by atoms with Gasteiger partial charge >= 0.3 is 0 Å². The van der Waals surface area contributed by atoms with Crippen LogP contribution in [0.1, 0.15) is 52.5 Å². The molecule has 1 saturated carbocycles. The zero-order chi connectivity index (χ0) is 18.5. The summed E-state index contributed by atoms with van der Waals surface area (Å²) in [4.78, 5) is 0.327. The lowest BCUT2D eigenvalue weighted by atomic mass is 9.91. The minimum absolute atomic E-state index is 0.229. The van der Waals surface area contributed by atoms with E-state index in [1.807, 2.05) is 26.0 Å². The molecule has 3 rings (SSSR count). The predicted octanol–water partition coefficient (Wildman–Crippen LogP) is 4.21. The highest BCUT2D eigenvalue weighted by Gasteiger charge is 2.39. The maximum absolute atomic E-state index is 11.7. The fraction of sp³-hybridized carbons (Fsp3) is 0.600. The highest BCUT2D eigenvalue weighted by atomic mass is 32.2. The van der Waals surface area contributed by atoms with Gasteiger partial charge in [-0.05, 0) is 56.2 Å². The number of sulfone groups is 1. The molecular formula is C20H28O4S. The number of hydrogen-bond donors (Lipinski definition) is 0. The molecule has 1 aliphatic heterocycles. The van der Waals surface area contributed by atoms with Crippen LogP contribution in [-0.2, 0) is 19.3 Å². The third-order valence-electron chi connectivity index (χ3n) is 5.25. The molecule has 0 amide bonds. The highest BCUT2D eigenvalue weighted by molar-refractivity contribution is 7.90. The quantitative estimate of drug-likeness (QED) is 0.803. The molecule has 25 heavy (non-hydrogen) atoms. The molecular weight excluding hydrogens is 336 g/mol. The normalized spacial score (nSPS) is 25.4. The van der Waals surface area contributed by atoms with Crippen LogP contribution >= 0.6 is 0 Å². The van der Waals surface area contributed by atoms with Gasteiger partial charge in [-0.15, -0.1) is 0 Å². The molecule has 5 heteroatoms. The molecule has 1 unspecified atom stereocenters. The monoisotopic (exact) mass is 364 g/mol. The summed E-state index contributed by atoms with van der Waals surface area (Å²) in [5.74, 6) is 0.889. The standard InChI is InChI=1S/C20H28O4S/c1-19(2)11-10-15(12-19)24-17-13-23-20(3,4)18(17)14-6-8-16(9-7-14)25(5,21)22/h6-9,15H,10-13H2,1-5H3. The SMILES string of the molecule is CC1(C)CCC(OC2=C(c3ccc(S(C)(=O)=O)cc3)C(C)(C)OC2)C1. The third kappa shape index (κ3) is 3.93. The summed E-state index contributed by atoms with van der Waals surface area (Å²) in [6.45, 7) is 9.09. The molecule has 1 aliphatic carbocycles. The Morgan fingerprint density at radius 3 is 2.28 bits per heavy atom. The lowest BCUT2D eigenvalue weighted by Gasteiger charge is -2.23. The second-order valence-electron chi connectivity index (χ2n) is 8.54. The molecule has 0 saturated heterocycles. The Bertz CT molecular complexity index is 785. The van der Waals surface area contributed by atoms with Crippen molar-refractivity contribution in [2.24, 2.45) is 5.41 Å². The Labute approximate surface area is 151 Å². The number of ether oxygens (including phenoxy) is 2. The van der Waals surface area contributed by atoms with Crippen LogP contribution in [0.3, 0.4) is 0 Å². The van der Waals surface area contributed by atoms with Gasteiger partial charge in [0.1, 0.15) is 12.4 Å². The average molecular weight is 365 g/mol. The van der Waals surface area contributed by atoms with Gasteiger partial charge < -0.3 is 9.47 Å². The van der Waals surface area contributed by atoms with Crippen molar-refractivity contribution < 1.29 is 17.9 Å². The molecule has 1 atom stereocenters. The summed E-state index contributed by atoms with van der Waals surface area (Å²) >= 11 is 0. The van der Waals surface area contributed by atoms with Gasteiger partial charge in [0.2, 0.25) is 0 Å². The van der Waals surface area contributed by atoms with Crippen LogP contribution in [0.2, 0.25) is 0 Å². The largest absolute Gasteiger partial charge is 0.492 e. The molecule has 4 nitrogen and oxygen atoms in total. The van der Waals surface area contributed by atoms with Gasteiger partial charge in [0, 0.05) is 11.8 Å². The van der Waals surface area contributed by atoms with E-state index in [2.05, 4.69) is 13.8 Å². The smallest absolute Gasteiger partial charge is 0.175 e. The van der Waals surface area contributed by atoms with E-state index in [0.29, 0.717) is 16.9 Å². The Morgan fingerprint density at radius 1 is 1.12 bits per heavy atom. The van der Waals surface area contributed by atoms with E-state index >= 15 is 0 Å². The van der Waals surface area contributed by atoms with E-state index < -0.39 is 15.4 Å². The van der Waals surface area contributed by atoms with Crippen molar-refractivity contribution in [3.05, 3.63) is 35.6 Å². The van der Waals surface area contributed by atoms with Crippen molar-refractivity contribution in [1.29, 1.82) is 0 Å². The lowest BCUT2D eigenvalue weighted by Crippen LogP contribution is -2.21. The van der Waals surface area contributed by atoms with Crippen molar-refractivity contribution in [3.63, 3.8) is 0 Å². The number of benzene rings is 1. The van der Waals surface area contributed by atoms with E-state index in [9.17, 15) is 8.42 Å². The van der Waals surface area contributed by atoms with Gasteiger partial charge in [-0.3, -0.25) is 0 Å². The van der Waals surface area contributed by atoms with Gasteiger partial charge in [-0.25, -0.2) is 8.42 Å². The molecule has 1 heterocycles. The van der Waals surface area contributed by atoms with Gasteiger partial charge in [0.05, 0.1) is 16.6 Å². The minimum atomic E-state index is -3.20. The molecule has 0 aromatic heterocycles. The van der Waals surface area contributed by atoms with Gasteiger partial charge in [-0.1, -0.05) is 26.0 Å². The summed E-state index contributed by atoms with van der Waals surface area (Å²) in [6.07, 6.45) is 4.75. The first kappa shape index (κ1) is 18.5. The van der Waals surface area contributed by atoms with Crippen molar-refractivity contribution in [2.75, 3.05) is 12.9 Å². The van der Waals surface area contributed by atoms with Gasteiger partial charge in [0.15, 0.2) is 9.84 Å². The second-order valence-corrected chi connectivity index (χ2v) is 10.6. The van der Waals surface area contributed by atoms with E-state index in [-0.39, 0.29) is 6.10 Å². The fourth-order valence-electron chi connectivity index (χ4n) is 3.87. The third-order valence-corrected chi connectivity index (χ3v) is 6.38. The van der Waals surface area contributed by atoms with Crippen LogP contribution in [-0.4, -0.2) is 33.0 Å². The van der Waals surface area contributed by atoms with Gasteiger partial charge in [0.25, 0.3) is 0 Å². The van der Waals surface area contributed by atoms with Crippen LogP contribution < -0.4 is 0 Å². The number of hydrogen-bond acceptors (Lipinski definition) is 4. The van der Waals surface area contributed by atoms with E-state index in [1.54, 1.807) is 12.1 Å². The second kappa shape index (κ2) is 6.13. The molecule has 1 fully saturated rings. The summed E-state index contributed by atoms with van der Waals surface area (Å²) in [7, 11) is -3.20. The topological polar surface area (TPSA) is 52.6 Å². The average Bonchev–Trinajstić information content (AvgIpc) is 2.97. The molecule has 138 valence electrons. The molecule has 1 aromatic rings. The number of rotatable bonds is 4. The Hall–Kier alpha value is -1.33. The minimum Gasteiger partial charge on any atom is -0.492 e. The van der Waals surface area contributed by atoms with Crippen molar-refractivity contribution >= 4 is 15.4 Å². The first-order chi connectivity index (χ1) is 11.5. The molecule has 1 aromatic carbocycles. The van der Waals surface area contributed by atoms with Crippen LogP contribution in [0.5, 0.6) is 0 Å². The van der Waals surface area contributed by atoms with E-state index in [0.717, 1.165) is 29.7 Å². The molecule has 0 bridgehead atoms. The van der Waals surface area contributed by atoms with Crippen molar-refractivity contribution in [3.8, 4) is 0 Å². The van der Waals surface area contributed by atoms with Crippen LogP contribution in [0.25, 0.3) is 5.57 Å². The maximum Gasteiger partial charge on any atom is 0.175 e. The molecule has 2 aliphatic rings. The maximum atomic E-state index is 11.7. The molecule has 0 spiro atoms. The van der Waals surface area contributed by atoms with Crippen LogP contribution in [0.15, 0.2) is 34.9 Å². The Balaban J connectivity index is 1.91. The summed E-state index contributed by atoms with van der Waals surface area (Å²) < 4.78 is 35.7. The zero-order valence-electron chi connectivity index (χ0n) is 15.8. The Morgan fingerprint density at radius 2 is 1.76 bits per heavy atom. The zero-order valence-corrected chi connectivity index (χ0v) is 16.6. The first-order valence-electron chi connectivity index (χ1n) is 8.83. The summed E-state index contributed by atoms with van der Waals surface area (Å²) in [5, 5.41) is 0. The predicted molar refractivity (Wildman–Crippen MR) is 99.0 cm³/mol. The van der Waals surface area contributed by atoms with E-state index in [4.69, 9.17) is 9.47 Å². The molecule has 0 radical (unpaired) electrons. The molecule has 0 N–H and O–H groups in total. The summed E-state index contributed by atoms with van der Waals surface area (Å²) in [6, 6.07) is 7.01. The lowest BCUT2D eigenvalue weighted by molar-refractivity contribution is 0.0325. The van der Waals surface area contributed by atoms with Crippen LogP contribution in [0.4, 0.5) is 0 Å². The van der Waals surface area contributed by atoms with Gasteiger partial charge in [-0.2, -0.15) is 0 Å². The highest BCUT2D eigenvalue weighted by Crippen LogP contribution is 2.43. The fourth-order valence-corrected chi connectivity index (χ4v) is 4.50.